The molecule has 20 heavy (non-hydrogen) atoms. The van der Waals surface area contributed by atoms with Crippen LogP contribution in [0.1, 0.15) is 44.4 Å². The van der Waals surface area contributed by atoms with Gasteiger partial charge in [-0.3, -0.25) is 4.90 Å². The Kier molecular flexibility index (Phi) is 6.66. The molecule has 1 atom stereocenters. The van der Waals surface area contributed by atoms with Crippen LogP contribution in [0.3, 0.4) is 0 Å². The van der Waals surface area contributed by atoms with E-state index in [0.717, 1.165) is 19.6 Å². The van der Waals surface area contributed by atoms with Gasteiger partial charge in [-0.25, -0.2) is 0 Å². The number of ether oxygens (including phenoxy) is 1. The van der Waals surface area contributed by atoms with Crippen molar-refractivity contribution in [2.45, 2.75) is 38.6 Å². The summed E-state index contributed by atoms with van der Waals surface area (Å²) in [5.74, 6) is 0. The largest absolute Gasteiger partial charge is 0.385 e. The smallest absolute Gasteiger partial charge is 0.0474 e. The third-order valence-corrected chi connectivity index (χ3v) is 3.78. The Morgan fingerprint density at radius 2 is 1.80 bits per heavy atom. The summed E-state index contributed by atoms with van der Waals surface area (Å²) in [4.78, 5) is 2.31. The topological polar surface area (TPSA) is 38.5 Å². The Morgan fingerprint density at radius 3 is 2.25 bits per heavy atom. The molecule has 0 fully saturated rings. The second-order valence-electron chi connectivity index (χ2n) is 6.45. The first kappa shape index (κ1) is 17.2. The average molecular weight is 278 g/mol. The number of nitrogens with two attached hydrogens (primary N) is 1. The van der Waals surface area contributed by atoms with Crippen molar-refractivity contribution < 1.29 is 4.74 Å². The van der Waals surface area contributed by atoms with Crippen molar-refractivity contribution in [2.24, 2.45) is 5.73 Å². The van der Waals surface area contributed by atoms with Crippen LogP contribution < -0.4 is 5.73 Å². The summed E-state index contributed by atoms with van der Waals surface area (Å²) in [5, 5.41) is 0. The van der Waals surface area contributed by atoms with E-state index < -0.39 is 0 Å². The Balaban J connectivity index is 2.74. The van der Waals surface area contributed by atoms with E-state index in [9.17, 15) is 0 Å². The van der Waals surface area contributed by atoms with Crippen LogP contribution >= 0.6 is 0 Å². The summed E-state index contributed by atoms with van der Waals surface area (Å²) >= 11 is 0. The van der Waals surface area contributed by atoms with Crippen molar-refractivity contribution in [1.29, 1.82) is 0 Å². The van der Waals surface area contributed by atoms with E-state index >= 15 is 0 Å². The molecule has 3 nitrogen and oxygen atoms in total. The zero-order valence-electron chi connectivity index (χ0n) is 13.6. The monoisotopic (exact) mass is 278 g/mol. The first-order chi connectivity index (χ1) is 9.40. The zero-order valence-corrected chi connectivity index (χ0v) is 13.6. The molecule has 3 heteroatoms. The van der Waals surface area contributed by atoms with E-state index in [1.165, 1.54) is 11.1 Å². The molecule has 0 aromatic heterocycles. The van der Waals surface area contributed by atoms with Gasteiger partial charge in [0.25, 0.3) is 0 Å². The lowest BCUT2D eigenvalue weighted by Gasteiger charge is -2.28. The Labute approximate surface area is 124 Å². The molecule has 0 saturated carbocycles. The molecule has 1 aromatic carbocycles. The minimum absolute atomic E-state index is 0.196. The summed E-state index contributed by atoms with van der Waals surface area (Å²) in [7, 11) is 3.87. The van der Waals surface area contributed by atoms with Crippen LogP contribution in [0.15, 0.2) is 24.3 Å². The number of benzene rings is 1. The maximum atomic E-state index is 5.96. The van der Waals surface area contributed by atoms with E-state index in [-0.39, 0.29) is 11.5 Å². The molecular weight excluding hydrogens is 248 g/mol. The third kappa shape index (κ3) is 4.89. The van der Waals surface area contributed by atoms with Crippen LogP contribution in [0.2, 0.25) is 0 Å². The zero-order chi connectivity index (χ0) is 15.2. The molecule has 1 unspecified atom stereocenters. The highest BCUT2D eigenvalue weighted by molar-refractivity contribution is 5.29. The van der Waals surface area contributed by atoms with Crippen molar-refractivity contribution in [3.05, 3.63) is 35.4 Å². The first-order valence-electron chi connectivity index (χ1n) is 7.40. The number of rotatable bonds is 7. The van der Waals surface area contributed by atoms with Gasteiger partial charge in [0.1, 0.15) is 0 Å². The average Bonchev–Trinajstić information content (AvgIpc) is 2.39. The molecule has 0 aliphatic carbocycles. The van der Waals surface area contributed by atoms with E-state index in [0.29, 0.717) is 6.54 Å². The Morgan fingerprint density at radius 1 is 1.20 bits per heavy atom. The molecule has 0 aliphatic rings. The van der Waals surface area contributed by atoms with E-state index in [1.54, 1.807) is 7.11 Å². The summed E-state index contributed by atoms with van der Waals surface area (Å²) < 4.78 is 5.11. The van der Waals surface area contributed by atoms with Crippen LogP contribution in [0.25, 0.3) is 0 Å². The van der Waals surface area contributed by atoms with Crippen LogP contribution in [0, 0.1) is 0 Å². The normalized spacial score (nSPS) is 13.8. The lowest BCUT2D eigenvalue weighted by Crippen LogP contribution is -2.31. The van der Waals surface area contributed by atoms with Gasteiger partial charge in [-0.1, -0.05) is 45.0 Å². The predicted molar refractivity (Wildman–Crippen MR) is 86.1 cm³/mol. The van der Waals surface area contributed by atoms with Gasteiger partial charge >= 0.3 is 0 Å². The molecule has 0 spiro atoms. The van der Waals surface area contributed by atoms with Gasteiger partial charge in [0.2, 0.25) is 0 Å². The molecule has 0 bridgehead atoms. The lowest BCUT2D eigenvalue weighted by atomic mass is 9.86. The highest BCUT2D eigenvalue weighted by Gasteiger charge is 2.17. The fourth-order valence-corrected chi connectivity index (χ4v) is 2.39. The molecule has 0 amide bonds. The molecule has 114 valence electrons. The molecule has 1 rings (SSSR count). The van der Waals surface area contributed by atoms with Crippen molar-refractivity contribution in [3.8, 4) is 0 Å². The van der Waals surface area contributed by atoms with Crippen molar-refractivity contribution in [1.82, 2.24) is 4.90 Å². The third-order valence-electron chi connectivity index (χ3n) is 3.78. The molecule has 2 N–H and O–H groups in total. The lowest BCUT2D eigenvalue weighted by molar-refractivity contribution is 0.166. The molecule has 1 aromatic rings. The van der Waals surface area contributed by atoms with Gasteiger partial charge < -0.3 is 10.5 Å². The summed E-state index contributed by atoms with van der Waals surface area (Å²) in [6, 6.07) is 9.15. The summed E-state index contributed by atoms with van der Waals surface area (Å²) in [5.41, 5.74) is 8.81. The van der Waals surface area contributed by atoms with Gasteiger partial charge in [0.05, 0.1) is 0 Å². The van der Waals surface area contributed by atoms with Crippen LogP contribution in [-0.4, -0.2) is 38.8 Å². The van der Waals surface area contributed by atoms with Crippen molar-refractivity contribution in [2.75, 3.05) is 33.9 Å². The second-order valence-corrected chi connectivity index (χ2v) is 6.45. The number of likely N-dealkylation sites (N-methyl/N-ethyl adjacent to an activating group) is 1. The van der Waals surface area contributed by atoms with Gasteiger partial charge in [-0.05, 0) is 30.0 Å². The fraction of sp³-hybridized carbons (Fsp3) is 0.647. The maximum Gasteiger partial charge on any atom is 0.0474 e. The van der Waals surface area contributed by atoms with E-state index in [4.69, 9.17) is 10.5 Å². The molecule has 0 saturated heterocycles. The minimum atomic E-state index is 0.196. The van der Waals surface area contributed by atoms with Crippen LogP contribution in [-0.2, 0) is 10.2 Å². The van der Waals surface area contributed by atoms with Crippen molar-refractivity contribution in [3.63, 3.8) is 0 Å². The standard InChI is InChI=1S/C17H30N2O/c1-17(2,3)15-9-7-14(8-10-15)16(13-18)19(4)11-6-12-20-5/h7-10,16H,6,11-13,18H2,1-5H3. The van der Waals surface area contributed by atoms with Gasteiger partial charge in [-0.15, -0.1) is 0 Å². The highest BCUT2D eigenvalue weighted by atomic mass is 16.5. The van der Waals surface area contributed by atoms with Crippen molar-refractivity contribution >= 4 is 0 Å². The maximum absolute atomic E-state index is 5.96. The Bertz CT molecular complexity index is 381. The van der Waals surface area contributed by atoms with Gasteiger partial charge in [-0.2, -0.15) is 0 Å². The predicted octanol–water partition coefficient (Wildman–Crippen LogP) is 2.95. The van der Waals surface area contributed by atoms with Gasteiger partial charge in [0.15, 0.2) is 0 Å². The second kappa shape index (κ2) is 7.77. The molecule has 0 aliphatic heterocycles. The van der Waals surface area contributed by atoms with Crippen LogP contribution in [0.5, 0.6) is 0 Å². The highest BCUT2D eigenvalue weighted by Crippen LogP contribution is 2.25. The summed E-state index contributed by atoms with van der Waals surface area (Å²) in [6.07, 6.45) is 1.03. The first-order valence-corrected chi connectivity index (χ1v) is 7.40. The minimum Gasteiger partial charge on any atom is -0.385 e. The quantitative estimate of drug-likeness (QED) is 0.779. The SMILES string of the molecule is COCCCN(C)C(CN)c1ccc(C(C)(C)C)cc1. The van der Waals surface area contributed by atoms with E-state index in [2.05, 4.69) is 57.0 Å². The summed E-state index contributed by atoms with van der Waals surface area (Å²) in [6.45, 7) is 9.14. The van der Waals surface area contributed by atoms with Gasteiger partial charge in [0, 0.05) is 32.8 Å². The molecule has 0 radical (unpaired) electrons. The molecule has 0 heterocycles. The fourth-order valence-electron chi connectivity index (χ4n) is 2.39. The number of hydrogen-bond acceptors (Lipinski definition) is 3. The van der Waals surface area contributed by atoms with E-state index in [1.807, 2.05) is 0 Å². The number of hydrogen-bond donors (Lipinski definition) is 1. The Hall–Kier alpha value is -0.900. The molecular formula is C17H30N2O. The van der Waals surface area contributed by atoms with Crippen LogP contribution in [0.4, 0.5) is 0 Å². The number of methoxy groups -OCH3 is 1. The number of nitrogens with zero attached hydrogens (tertiary/aromatic N) is 1.